The first-order valence-electron chi connectivity index (χ1n) is 10.4. The Morgan fingerprint density at radius 2 is 1.88 bits per heavy atom. The van der Waals surface area contributed by atoms with Crippen molar-refractivity contribution in [3.63, 3.8) is 0 Å². The lowest BCUT2D eigenvalue weighted by atomic mass is 9.48. The van der Waals surface area contributed by atoms with Gasteiger partial charge in [-0.15, -0.1) is 0 Å². The average Bonchev–Trinajstić information content (AvgIpc) is 3.20. The van der Waals surface area contributed by atoms with Gasteiger partial charge in [-0.05, 0) is 74.5 Å². The van der Waals surface area contributed by atoms with Gasteiger partial charge >= 0.3 is 0 Å². The number of nitrogens with zero attached hydrogens (tertiary/aromatic N) is 1. The molecule has 0 spiro atoms. The van der Waals surface area contributed by atoms with E-state index in [-0.39, 0.29) is 11.0 Å². The molecular formula is C22H33NO2. The van der Waals surface area contributed by atoms with Crippen LogP contribution in [0.3, 0.4) is 0 Å². The van der Waals surface area contributed by atoms with Crippen molar-refractivity contribution in [2.75, 3.05) is 13.7 Å². The standard InChI is InChI=1S/C22H33NO2/c1-20-11-9-16-14(15(20)6-7-17(20)22(3)13-25-22)5-8-18-21(16,2)12-10-19(24)23(18)4/h8,14-17H,5-7,9-13H2,1-4H3/t14?,15?,16?,17-,20-,21-,22?/m0/s1. The first-order chi connectivity index (χ1) is 11.8. The number of hydrogen-bond acceptors (Lipinski definition) is 2. The maximum atomic E-state index is 12.2. The second-order valence-corrected chi connectivity index (χ2v) is 10.3. The second-order valence-electron chi connectivity index (χ2n) is 10.3. The predicted molar refractivity (Wildman–Crippen MR) is 97.7 cm³/mol. The van der Waals surface area contributed by atoms with Crippen LogP contribution in [0.1, 0.15) is 65.7 Å². The van der Waals surface area contributed by atoms with Gasteiger partial charge in [0.1, 0.15) is 0 Å². The van der Waals surface area contributed by atoms with Gasteiger partial charge in [-0.3, -0.25) is 4.79 Å². The minimum atomic E-state index is 0.174. The van der Waals surface area contributed by atoms with Gasteiger partial charge in [0.25, 0.3) is 0 Å². The van der Waals surface area contributed by atoms with Crippen LogP contribution in [0.4, 0.5) is 0 Å². The van der Waals surface area contributed by atoms with E-state index in [0.717, 1.165) is 43.1 Å². The van der Waals surface area contributed by atoms with Crippen molar-refractivity contribution in [2.24, 2.45) is 34.5 Å². The smallest absolute Gasteiger partial charge is 0.226 e. The summed E-state index contributed by atoms with van der Waals surface area (Å²) in [5.74, 6) is 3.46. The maximum absolute atomic E-state index is 12.2. The minimum Gasteiger partial charge on any atom is -0.370 e. The molecule has 2 aliphatic heterocycles. The van der Waals surface area contributed by atoms with Crippen LogP contribution in [-0.4, -0.2) is 30.1 Å². The summed E-state index contributed by atoms with van der Waals surface area (Å²) in [4.78, 5) is 14.2. The third-order valence-corrected chi connectivity index (χ3v) is 9.35. The highest BCUT2D eigenvalue weighted by Crippen LogP contribution is 2.68. The van der Waals surface area contributed by atoms with Gasteiger partial charge in [0, 0.05) is 24.6 Å². The van der Waals surface area contributed by atoms with Crippen LogP contribution in [0.2, 0.25) is 0 Å². The highest BCUT2D eigenvalue weighted by Gasteiger charge is 2.64. The van der Waals surface area contributed by atoms with Gasteiger partial charge in [0.15, 0.2) is 0 Å². The molecule has 4 unspecified atom stereocenters. The van der Waals surface area contributed by atoms with Crippen molar-refractivity contribution >= 4 is 5.91 Å². The van der Waals surface area contributed by atoms with Crippen LogP contribution in [0.15, 0.2) is 11.8 Å². The Hall–Kier alpha value is -0.830. The fourth-order valence-corrected chi connectivity index (χ4v) is 7.90. The van der Waals surface area contributed by atoms with Crippen LogP contribution in [0, 0.1) is 34.5 Å². The molecule has 7 atom stereocenters. The van der Waals surface area contributed by atoms with Crippen molar-refractivity contribution in [3.05, 3.63) is 11.8 Å². The number of likely N-dealkylation sites (tertiary alicyclic amines) is 1. The zero-order valence-electron chi connectivity index (χ0n) is 16.3. The number of carbonyl (C=O) groups is 1. The molecule has 3 nitrogen and oxygen atoms in total. The molecule has 0 N–H and O–H groups in total. The maximum Gasteiger partial charge on any atom is 0.226 e. The summed E-state index contributed by atoms with van der Waals surface area (Å²) in [5.41, 5.74) is 2.18. The summed E-state index contributed by atoms with van der Waals surface area (Å²) in [6.45, 7) is 8.36. The second kappa shape index (κ2) is 4.91. The van der Waals surface area contributed by atoms with Gasteiger partial charge < -0.3 is 9.64 Å². The normalized spacial score (nSPS) is 54.5. The van der Waals surface area contributed by atoms with Crippen molar-refractivity contribution in [1.29, 1.82) is 0 Å². The Kier molecular flexibility index (Phi) is 3.21. The van der Waals surface area contributed by atoms with Gasteiger partial charge in [-0.1, -0.05) is 19.9 Å². The van der Waals surface area contributed by atoms with E-state index in [1.807, 2.05) is 11.9 Å². The minimum absolute atomic E-state index is 0.174. The Balaban J connectivity index is 1.49. The molecule has 25 heavy (non-hydrogen) atoms. The summed E-state index contributed by atoms with van der Waals surface area (Å²) in [6.07, 6.45) is 10.8. The largest absolute Gasteiger partial charge is 0.370 e. The van der Waals surface area contributed by atoms with Crippen molar-refractivity contribution in [3.8, 4) is 0 Å². The van der Waals surface area contributed by atoms with Crippen LogP contribution >= 0.6 is 0 Å². The molecule has 1 amide bonds. The molecule has 2 saturated carbocycles. The lowest BCUT2D eigenvalue weighted by Gasteiger charge is -2.58. The molecule has 3 aliphatic carbocycles. The van der Waals surface area contributed by atoms with Crippen molar-refractivity contribution < 1.29 is 9.53 Å². The SMILES string of the molecule is CN1C(=O)CC[C@]2(C)C1=CCC1C3CC[C@H](C4(C)CO4)[C@@]3(C)CCC12. The summed E-state index contributed by atoms with van der Waals surface area (Å²) in [7, 11) is 2.00. The zero-order valence-corrected chi connectivity index (χ0v) is 16.3. The number of carbonyl (C=O) groups excluding carboxylic acids is 1. The van der Waals surface area contributed by atoms with E-state index in [0.29, 0.717) is 11.3 Å². The topological polar surface area (TPSA) is 32.8 Å². The third kappa shape index (κ3) is 1.99. The summed E-state index contributed by atoms with van der Waals surface area (Å²) >= 11 is 0. The summed E-state index contributed by atoms with van der Waals surface area (Å²) < 4.78 is 5.91. The molecule has 3 heteroatoms. The van der Waals surface area contributed by atoms with Crippen molar-refractivity contribution in [1.82, 2.24) is 4.90 Å². The van der Waals surface area contributed by atoms with Crippen LogP contribution in [0.5, 0.6) is 0 Å². The Bertz CT molecular complexity index is 650. The molecule has 4 fully saturated rings. The van der Waals surface area contributed by atoms with E-state index in [1.165, 1.54) is 37.8 Å². The number of ether oxygens (including phenoxy) is 1. The molecule has 0 aromatic carbocycles. The lowest BCUT2D eigenvalue weighted by Crippen LogP contribution is -2.54. The van der Waals surface area contributed by atoms with Crippen LogP contribution in [0.25, 0.3) is 0 Å². The molecule has 5 rings (SSSR count). The number of piperidine rings is 1. The molecule has 0 aromatic rings. The Morgan fingerprint density at radius 3 is 2.60 bits per heavy atom. The van der Waals surface area contributed by atoms with E-state index < -0.39 is 0 Å². The number of rotatable bonds is 1. The average molecular weight is 344 g/mol. The fraction of sp³-hybridized carbons (Fsp3) is 0.864. The van der Waals surface area contributed by atoms with Crippen LogP contribution < -0.4 is 0 Å². The van der Waals surface area contributed by atoms with Gasteiger partial charge in [-0.25, -0.2) is 0 Å². The molecule has 5 aliphatic rings. The number of amides is 1. The van der Waals surface area contributed by atoms with E-state index in [9.17, 15) is 4.79 Å². The number of hydrogen-bond donors (Lipinski definition) is 0. The first-order valence-corrected chi connectivity index (χ1v) is 10.4. The zero-order chi connectivity index (χ0) is 17.6. The molecule has 0 radical (unpaired) electrons. The number of epoxide rings is 1. The predicted octanol–water partition coefficient (Wildman–Crippen LogP) is 4.38. The van der Waals surface area contributed by atoms with E-state index in [4.69, 9.17) is 4.74 Å². The highest BCUT2D eigenvalue weighted by atomic mass is 16.6. The molecule has 0 aromatic heterocycles. The molecule has 0 bridgehead atoms. The molecule has 138 valence electrons. The first kappa shape index (κ1) is 16.4. The summed E-state index contributed by atoms with van der Waals surface area (Å²) in [5, 5.41) is 0. The molecule has 2 heterocycles. The lowest BCUT2D eigenvalue weighted by molar-refractivity contribution is -0.136. The summed E-state index contributed by atoms with van der Waals surface area (Å²) in [6, 6.07) is 0. The quantitative estimate of drug-likeness (QED) is 0.662. The number of allylic oxidation sites excluding steroid dienone is 2. The van der Waals surface area contributed by atoms with E-state index >= 15 is 0 Å². The molecule has 2 saturated heterocycles. The van der Waals surface area contributed by atoms with E-state index in [2.05, 4.69) is 26.8 Å². The van der Waals surface area contributed by atoms with Crippen LogP contribution in [-0.2, 0) is 9.53 Å². The number of fused-ring (bicyclic) bond motifs is 5. The van der Waals surface area contributed by atoms with Crippen molar-refractivity contribution in [2.45, 2.75) is 71.3 Å². The fourth-order valence-electron chi connectivity index (χ4n) is 7.90. The monoisotopic (exact) mass is 343 g/mol. The molecular weight excluding hydrogens is 310 g/mol. The highest BCUT2D eigenvalue weighted by molar-refractivity contribution is 5.79. The van der Waals surface area contributed by atoms with Gasteiger partial charge in [0.2, 0.25) is 5.91 Å². The van der Waals surface area contributed by atoms with Gasteiger partial charge in [-0.2, -0.15) is 0 Å². The van der Waals surface area contributed by atoms with Gasteiger partial charge in [0.05, 0.1) is 12.2 Å². The third-order valence-electron chi connectivity index (χ3n) is 9.35. The van der Waals surface area contributed by atoms with E-state index in [1.54, 1.807) is 0 Å². The Labute approximate surface area is 152 Å². The Morgan fingerprint density at radius 1 is 1.12 bits per heavy atom.